The molecule has 0 amide bonds. The van der Waals surface area contributed by atoms with Gasteiger partial charge in [0.15, 0.2) is 0 Å². The maximum atomic E-state index is 13.0. The highest BCUT2D eigenvalue weighted by atomic mass is 32.2. The SMILES string of the molecule is Fc1ccc(-c2noc(CCCCSc3nnc(-c4cccc5ccccc45)o3)n2)cc1. The topological polar surface area (TPSA) is 77.8 Å². The van der Waals surface area contributed by atoms with Crippen LogP contribution in [0.25, 0.3) is 33.6 Å². The molecule has 6 nitrogen and oxygen atoms in total. The molecule has 0 aliphatic rings. The van der Waals surface area contributed by atoms with Gasteiger partial charge in [-0.15, -0.1) is 10.2 Å². The standard InChI is InChI=1S/C24H19FN4O2S/c25-18-13-11-17(12-14-18)22-26-21(31-29-22)10-3-4-15-32-24-28-27-23(30-24)20-9-5-7-16-6-1-2-8-19(16)20/h1-2,5-9,11-14H,3-4,10,15H2. The average molecular weight is 447 g/mol. The van der Waals surface area contributed by atoms with E-state index in [0.717, 1.165) is 40.5 Å². The van der Waals surface area contributed by atoms with Gasteiger partial charge in [0.1, 0.15) is 5.82 Å². The number of aryl methyl sites for hydroxylation is 1. The number of hydrogen-bond acceptors (Lipinski definition) is 7. The minimum atomic E-state index is -0.291. The maximum Gasteiger partial charge on any atom is 0.276 e. The molecule has 0 atom stereocenters. The molecule has 8 heteroatoms. The Kier molecular flexibility index (Phi) is 5.93. The van der Waals surface area contributed by atoms with Gasteiger partial charge >= 0.3 is 0 Å². The predicted octanol–water partition coefficient (Wildman–Crippen LogP) is 6.19. The van der Waals surface area contributed by atoms with Gasteiger partial charge in [-0.05, 0) is 53.9 Å². The molecule has 0 fully saturated rings. The van der Waals surface area contributed by atoms with Gasteiger partial charge in [-0.25, -0.2) is 4.39 Å². The summed E-state index contributed by atoms with van der Waals surface area (Å²) in [6.45, 7) is 0. The lowest BCUT2D eigenvalue weighted by Crippen LogP contribution is -1.88. The summed E-state index contributed by atoms with van der Waals surface area (Å²) in [5.41, 5.74) is 1.67. The lowest BCUT2D eigenvalue weighted by atomic mass is 10.0. The molecule has 0 spiro atoms. The van der Waals surface area contributed by atoms with Crippen molar-refractivity contribution < 1.29 is 13.3 Å². The Bertz CT molecular complexity index is 1330. The summed E-state index contributed by atoms with van der Waals surface area (Å²) in [4.78, 5) is 4.38. The summed E-state index contributed by atoms with van der Waals surface area (Å²) < 4.78 is 24.2. The Morgan fingerprint density at radius 2 is 1.72 bits per heavy atom. The van der Waals surface area contributed by atoms with Crippen LogP contribution >= 0.6 is 11.8 Å². The highest BCUT2D eigenvalue weighted by Crippen LogP contribution is 2.29. The summed E-state index contributed by atoms with van der Waals surface area (Å²) in [7, 11) is 0. The van der Waals surface area contributed by atoms with Crippen LogP contribution in [0.1, 0.15) is 18.7 Å². The van der Waals surface area contributed by atoms with Crippen molar-refractivity contribution in [3.63, 3.8) is 0 Å². The van der Waals surface area contributed by atoms with Crippen molar-refractivity contribution in [2.75, 3.05) is 5.75 Å². The van der Waals surface area contributed by atoms with Crippen molar-refractivity contribution in [1.82, 2.24) is 20.3 Å². The molecule has 5 rings (SSSR count). The number of hydrogen-bond donors (Lipinski definition) is 0. The molecule has 160 valence electrons. The van der Waals surface area contributed by atoms with Crippen molar-refractivity contribution in [2.45, 2.75) is 24.5 Å². The van der Waals surface area contributed by atoms with Crippen molar-refractivity contribution in [2.24, 2.45) is 0 Å². The number of nitrogens with zero attached hydrogens (tertiary/aromatic N) is 4. The first-order valence-electron chi connectivity index (χ1n) is 10.3. The third kappa shape index (κ3) is 4.55. The molecule has 0 bridgehead atoms. The fraction of sp³-hybridized carbons (Fsp3) is 0.167. The molecule has 0 saturated heterocycles. The van der Waals surface area contributed by atoms with Crippen LogP contribution in [0, 0.1) is 5.82 Å². The molecule has 0 aliphatic carbocycles. The maximum absolute atomic E-state index is 13.0. The van der Waals surface area contributed by atoms with E-state index < -0.39 is 0 Å². The lowest BCUT2D eigenvalue weighted by molar-refractivity contribution is 0.375. The van der Waals surface area contributed by atoms with Gasteiger partial charge in [-0.1, -0.05) is 53.3 Å². The van der Waals surface area contributed by atoms with Crippen LogP contribution in [0.5, 0.6) is 0 Å². The van der Waals surface area contributed by atoms with Crippen LogP contribution in [-0.4, -0.2) is 26.1 Å². The zero-order valence-corrected chi connectivity index (χ0v) is 17.9. The van der Waals surface area contributed by atoms with Crippen molar-refractivity contribution in [3.8, 4) is 22.8 Å². The number of fused-ring (bicyclic) bond motifs is 1. The van der Waals surface area contributed by atoms with Crippen LogP contribution in [0.2, 0.25) is 0 Å². The number of benzene rings is 3. The number of unbranched alkanes of at least 4 members (excludes halogenated alkanes) is 1. The van der Waals surface area contributed by atoms with Crippen molar-refractivity contribution in [1.29, 1.82) is 0 Å². The summed E-state index contributed by atoms with van der Waals surface area (Å²) in [6.07, 6.45) is 2.51. The first-order valence-corrected chi connectivity index (χ1v) is 11.3. The predicted molar refractivity (Wildman–Crippen MR) is 121 cm³/mol. The molecule has 0 N–H and O–H groups in total. The Balaban J connectivity index is 1.12. The summed E-state index contributed by atoms with van der Waals surface area (Å²) in [5, 5.41) is 15.2. The molecule has 32 heavy (non-hydrogen) atoms. The summed E-state index contributed by atoms with van der Waals surface area (Å²) in [6, 6.07) is 20.2. The van der Waals surface area contributed by atoms with Crippen molar-refractivity contribution >= 4 is 22.5 Å². The highest BCUT2D eigenvalue weighted by molar-refractivity contribution is 7.99. The molecule has 0 radical (unpaired) electrons. The highest BCUT2D eigenvalue weighted by Gasteiger charge is 2.12. The van der Waals surface area contributed by atoms with Gasteiger partial charge in [0.25, 0.3) is 5.22 Å². The fourth-order valence-electron chi connectivity index (χ4n) is 3.40. The largest absolute Gasteiger partial charge is 0.411 e. The molecule has 0 saturated carbocycles. The lowest BCUT2D eigenvalue weighted by Gasteiger charge is -2.01. The van der Waals surface area contributed by atoms with E-state index in [1.54, 1.807) is 12.1 Å². The Morgan fingerprint density at radius 3 is 2.62 bits per heavy atom. The van der Waals surface area contributed by atoms with E-state index in [4.69, 9.17) is 8.94 Å². The van der Waals surface area contributed by atoms with E-state index in [1.807, 2.05) is 24.3 Å². The smallest absolute Gasteiger partial charge is 0.276 e. The normalized spacial score (nSPS) is 11.3. The number of halogens is 1. The van der Waals surface area contributed by atoms with Gasteiger partial charge in [-0.2, -0.15) is 4.98 Å². The number of thioether (sulfide) groups is 1. The zero-order chi connectivity index (χ0) is 21.8. The van der Waals surface area contributed by atoms with E-state index in [-0.39, 0.29) is 5.82 Å². The van der Waals surface area contributed by atoms with Crippen LogP contribution in [-0.2, 0) is 6.42 Å². The van der Waals surface area contributed by atoms with E-state index in [9.17, 15) is 4.39 Å². The van der Waals surface area contributed by atoms with E-state index in [0.29, 0.717) is 29.2 Å². The zero-order valence-electron chi connectivity index (χ0n) is 17.1. The Morgan fingerprint density at radius 1 is 0.875 bits per heavy atom. The average Bonchev–Trinajstić information content (AvgIpc) is 3.49. The Hall–Kier alpha value is -3.52. The third-order valence-electron chi connectivity index (χ3n) is 5.01. The third-order valence-corrected chi connectivity index (χ3v) is 5.91. The molecule has 5 aromatic rings. The summed E-state index contributed by atoms with van der Waals surface area (Å²) >= 11 is 1.54. The molecular weight excluding hydrogens is 427 g/mol. The van der Waals surface area contributed by atoms with Gasteiger partial charge in [-0.3, -0.25) is 0 Å². The van der Waals surface area contributed by atoms with Crippen molar-refractivity contribution in [3.05, 3.63) is 78.4 Å². The van der Waals surface area contributed by atoms with Gasteiger partial charge in [0.05, 0.1) is 0 Å². The quantitative estimate of drug-likeness (QED) is 0.208. The minimum Gasteiger partial charge on any atom is -0.411 e. The molecular formula is C24H19FN4O2S. The van der Waals surface area contributed by atoms with E-state index in [1.165, 1.54) is 23.9 Å². The number of rotatable bonds is 8. The first-order chi connectivity index (χ1) is 15.8. The van der Waals surface area contributed by atoms with Gasteiger partial charge in [0.2, 0.25) is 17.6 Å². The first kappa shape index (κ1) is 20.4. The molecule has 0 aliphatic heterocycles. The second-order valence-electron chi connectivity index (χ2n) is 7.22. The van der Waals surface area contributed by atoms with Crippen LogP contribution < -0.4 is 0 Å². The van der Waals surface area contributed by atoms with E-state index in [2.05, 4.69) is 38.5 Å². The molecule has 2 aromatic heterocycles. The molecule has 3 aromatic carbocycles. The molecule has 2 heterocycles. The monoisotopic (exact) mass is 446 g/mol. The number of aromatic nitrogens is 4. The van der Waals surface area contributed by atoms with E-state index >= 15 is 0 Å². The van der Waals surface area contributed by atoms with Gasteiger partial charge in [0, 0.05) is 23.3 Å². The van der Waals surface area contributed by atoms with Crippen LogP contribution in [0.3, 0.4) is 0 Å². The second-order valence-corrected chi connectivity index (χ2v) is 8.27. The Labute approximate surface area is 187 Å². The molecule has 0 unspecified atom stereocenters. The summed E-state index contributed by atoms with van der Waals surface area (Å²) in [5.74, 6) is 2.13. The second kappa shape index (κ2) is 9.32. The van der Waals surface area contributed by atoms with Gasteiger partial charge < -0.3 is 8.94 Å². The fourth-order valence-corrected chi connectivity index (χ4v) is 4.16. The van der Waals surface area contributed by atoms with Crippen LogP contribution in [0.4, 0.5) is 4.39 Å². The minimum absolute atomic E-state index is 0.291. The van der Waals surface area contributed by atoms with Crippen LogP contribution in [0.15, 0.2) is 80.9 Å².